The Balaban J connectivity index is 1.96. The van der Waals surface area contributed by atoms with Gasteiger partial charge in [-0.05, 0) is 30.9 Å². The largest absolute Gasteiger partial charge is 0.480 e. The molecule has 1 aliphatic rings. The van der Waals surface area contributed by atoms with Crippen LogP contribution in [0.2, 0.25) is 0 Å². The summed E-state index contributed by atoms with van der Waals surface area (Å²) in [6, 6.07) is 3.06. The van der Waals surface area contributed by atoms with Crippen LogP contribution in [-0.2, 0) is 4.79 Å². The Morgan fingerprint density at radius 2 is 2.15 bits per heavy atom. The number of nitro benzene ring substituents is 1. The normalized spacial score (nSPS) is 20.0. The van der Waals surface area contributed by atoms with Crippen molar-refractivity contribution in [2.45, 2.75) is 25.8 Å². The Labute approximate surface area is 148 Å². The fourth-order valence-electron chi connectivity index (χ4n) is 3.11. The quantitative estimate of drug-likeness (QED) is 0.646. The Morgan fingerprint density at radius 3 is 2.77 bits per heavy atom. The number of aromatic nitrogens is 3. The molecule has 136 valence electrons. The monoisotopic (exact) mass is 359 g/mol. The lowest BCUT2D eigenvalue weighted by molar-refractivity contribution is -0.384. The van der Waals surface area contributed by atoms with E-state index in [0.29, 0.717) is 19.4 Å². The van der Waals surface area contributed by atoms with Crippen LogP contribution in [0.3, 0.4) is 0 Å². The van der Waals surface area contributed by atoms with E-state index in [1.165, 1.54) is 34.4 Å². The number of nitro groups is 1. The van der Waals surface area contributed by atoms with Gasteiger partial charge in [-0.15, -0.1) is 0 Å². The Bertz CT molecular complexity index is 851. The maximum Gasteiger partial charge on any atom is 0.326 e. The van der Waals surface area contributed by atoms with E-state index in [1.807, 2.05) is 6.92 Å². The Kier molecular flexibility index (Phi) is 4.65. The van der Waals surface area contributed by atoms with Crippen LogP contribution < -0.4 is 0 Å². The second kappa shape index (κ2) is 6.90. The molecular formula is C16H17N5O5. The first-order valence-corrected chi connectivity index (χ1v) is 8.05. The molecule has 0 aliphatic carbocycles. The minimum atomic E-state index is -1.07. The van der Waals surface area contributed by atoms with E-state index in [9.17, 15) is 24.8 Å². The highest BCUT2D eigenvalue weighted by Gasteiger charge is 2.35. The summed E-state index contributed by atoms with van der Waals surface area (Å²) < 4.78 is 1.23. The molecule has 0 saturated carbocycles. The maximum absolute atomic E-state index is 12.8. The number of aliphatic carboxylic acids is 1. The van der Waals surface area contributed by atoms with E-state index in [0.717, 1.165) is 6.07 Å². The van der Waals surface area contributed by atoms with Gasteiger partial charge in [-0.3, -0.25) is 14.9 Å². The molecule has 0 spiro atoms. The van der Waals surface area contributed by atoms with E-state index < -0.39 is 22.8 Å². The molecule has 1 aliphatic heterocycles. The molecule has 1 aromatic heterocycles. The van der Waals surface area contributed by atoms with Crippen molar-refractivity contribution < 1.29 is 19.6 Å². The van der Waals surface area contributed by atoms with Gasteiger partial charge in [0.25, 0.3) is 11.6 Å². The lowest BCUT2D eigenvalue weighted by Crippen LogP contribution is -2.49. The van der Waals surface area contributed by atoms with E-state index in [2.05, 4.69) is 10.1 Å². The van der Waals surface area contributed by atoms with Crippen molar-refractivity contribution >= 4 is 17.6 Å². The number of carbonyl (C=O) groups excluding carboxylic acids is 1. The van der Waals surface area contributed by atoms with E-state index in [-0.39, 0.29) is 22.9 Å². The summed E-state index contributed by atoms with van der Waals surface area (Å²) in [5, 5.41) is 24.7. The van der Waals surface area contributed by atoms with Crippen molar-refractivity contribution in [2.24, 2.45) is 5.92 Å². The standard InChI is InChI=1S/C16H17N5O5/c1-10-4-5-19(14(6-10)16(23)24)15(22)11-2-3-12(13(7-11)21(25)26)20-9-17-8-18-20/h2-3,7-10,14H,4-6H2,1H3,(H,23,24). The molecule has 2 heterocycles. The summed E-state index contributed by atoms with van der Waals surface area (Å²) in [5.41, 5.74) is -0.0638. The minimum Gasteiger partial charge on any atom is -0.480 e. The number of piperidine rings is 1. The molecule has 2 atom stereocenters. The van der Waals surface area contributed by atoms with Gasteiger partial charge in [-0.1, -0.05) is 6.92 Å². The van der Waals surface area contributed by atoms with Crippen LogP contribution in [-0.4, -0.2) is 54.2 Å². The van der Waals surface area contributed by atoms with Gasteiger partial charge in [0.15, 0.2) is 0 Å². The first kappa shape index (κ1) is 17.5. The molecule has 3 rings (SSSR count). The van der Waals surface area contributed by atoms with Crippen molar-refractivity contribution in [1.82, 2.24) is 19.7 Å². The highest BCUT2D eigenvalue weighted by molar-refractivity contribution is 5.97. The number of likely N-dealkylation sites (tertiary alicyclic amines) is 1. The van der Waals surface area contributed by atoms with Crippen LogP contribution in [0.5, 0.6) is 0 Å². The van der Waals surface area contributed by atoms with Crippen molar-refractivity contribution in [2.75, 3.05) is 6.54 Å². The van der Waals surface area contributed by atoms with Crippen LogP contribution in [0.1, 0.15) is 30.1 Å². The summed E-state index contributed by atoms with van der Waals surface area (Å²) in [4.78, 5) is 40.1. The van der Waals surface area contributed by atoms with Crippen molar-refractivity contribution in [3.8, 4) is 5.69 Å². The van der Waals surface area contributed by atoms with Crippen LogP contribution >= 0.6 is 0 Å². The van der Waals surface area contributed by atoms with E-state index in [4.69, 9.17) is 0 Å². The third-order valence-electron chi connectivity index (χ3n) is 4.50. The molecule has 1 N–H and O–H groups in total. The molecule has 1 fully saturated rings. The zero-order valence-corrected chi connectivity index (χ0v) is 14.0. The summed E-state index contributed by atoms with van der Waals surface area (Å²) >= 11 is 0. The number of benzene rings is 1. The molecule has 0 bridgehead atoms. The molecule has 26 heavy (non-hydrogen) atoms. The van der Waals surface area contributed by atoms with Gasteiger partial charge in [0.05, 0.1) is 4.92 Å². The number of nitrogens with zero attached hydrogens (tertiary/aromatic N) is 5. The minimum absolute atomic E-state index is 0.0707. The SMILES string of the molecule is CC1CCN(C(=O)c2ccc(-n3cncn3)c([N+](=O)[O-])c2)C(C(=O)O)C1. The number of rotatable bonds is 4. The first-order chi connectivity index (χ1) is 12.4. The van der Waals surface area contributed by atoms with Gasteiger partial charge in [-0.2, -0.15) is 5.10 Å². The van der Waals surface area contributed by atoms with Crippen LogP contribution in [0, 0.1) is 16.0 Å². The summed E-state index contributed by atoms with van der Waals surface area (Å²) in [6.45, 7) is 2.24. The average molecular weight is 359 g/mol. The molecule has 1 aromatic carbocycles. The lowest BCUT2D eigenvalue weighted by Gasteiger charge is -2.36. The zero-order chi connectivity index (χ0) is 18.8. The molecular weight excluding hydrogens is 342 g/mol. The number of hydrogen-bond donors (Lipinski definition) is 1. The van der Waals surface area contributed by atoms with E-state index in [1.54, 1.807) is 0 Å². The van der Waals surface area contributed by atoms with Crippen molar-refractivity contribution in [3.05, 3.63) is 46.5 Å². The molecule has 0 radical (unpaired) electrons. The average Bonchev–Trinajstić information content (AvgIpc) is 3.15. The van der Waals surface area contributed by atoms with Gasteiger partial charge in [0.2, 0.25) is 0 Å². The smallest absolute Gasteiger partial charge is 0.326 e. The first-order valence-electron chi connectivity index (χ1n) is 8.05. The zero-order valence-electron chi connectivity index (χ0n) is 14.0. The predicted molar refractivity (Wildman–Crippen MR) is 88.9 cm³/mol. The number of carboxylic acid groups (broad SMARTS) is 1. The van der Waals surface area contributed by atoms with E-state index >= 15 is 0 Å². The summed E-state index contributed by atoms with van der Waals surface area (Å²) in [5.74, 6) is -1.40. The van der Waals surface area contributed by atoms with Crippen LogP contribution in [0.4, 0.5) is 5.69 Å². The molecule has 10 nitrogen and oxygen atoms in total. The number of carboxylic acids is 1. The summed E-state index contributed by atoms with van der Waals surface area (Å²) in [7, 11) is 0. The maximum atomic E-state index is 12.8. The predicted octanol–water partition coefficient (Wildman–Crippen LogP) is 1.50. The van der Waals surface area contributed by atoms with Gasteiger partial charge in [0.1, 0.15) is 24.4 Å². The molecule has 10 heteroatoms. The van der Waals surface area contributed by atoms with Gasteiger partial charge < -0.3 is 10.0 Å². The lowest BCUT2D eigenvalue weighted by atomic mass is 9.92. The summed E-state index contributed by atoms with van der Waals surface area (Å²) in [6.07, 6.45) is 3.61. The van der Waals surface area contributed by atoms with Gasteiger partial charge in [-0.25, -0.2) is 14.5 Å². The second-order valence-electron chi connectivity index (χ2n) is 6.28. The fraction of sp³-hybridized carbons (Fsp3) is 0.375. The highest BCUT2D eigenvalue weighted by Crippen LogP contribution is 2.28. The second-order valence-corrected chi connectivity index (χ2v) is 6.28. The number of amides is 1. The fourth-order valence-corrected chi connectivity index (χ4v) is 3.11. The number of carbonyl (C=O) groups is 2. The van der Waals surface area contributed by atoms with Gasteiger partial charge in [0, 0.05) is 18.2 Å². The highest BCUT2D eigenvalue weighted by atomic mass is 16.6. The van der Waals surface area contributed by atoms with Crippen molar-refractivity contribution in [3.63, 3.8) is 0 Å². The third kappa shape index (κ3) is 3.25. The Hall–Kier alpha value is -3.30. The van der Waals surface area contributed by atoms with Crippen LogP contribution in [0.15, 0.2) is 30.9 Å². The number of hydrogen-bond acceptors (Lipinski definition) is 6. The Morgan fingerprint density at radius 1 is 1.38 bits per heavy atom. The third-order valence-corrected chi connectivity index (χ3v) is 4.50. The van der Waals surface area contributed by atoms with Crippen molar-refractivity contribution in [1.29, 1.82) is 0 Å². The molecule has 1 saturated heterocycles. The topological polar surface area (TPSA) is 131 Å². The molecule has 1 amide bonds. The molecule has 2 unspecified atom stereocenters. The molecule has 2 aromatic rings. The van der Waals surface area contributed by atoms with Gasteiger partial charge >= 0.3 is 5.97 Å². The van der Waals surface area contributed by atoms with Crippen LogP contribution in [0.25, 0.3) is 5.69 Å².